The van der Waals surface area contributed by atoms with E-state index in [0.29, 0.717) is 10.8 Å². The van der Waals surface area contributed by atoms with Crippen molar-refractivity contribution < 1.29 is 24.5 Å². The molecule has 0 aromatic heterocycles. The van der Waals surface area contributed by atoms with E-state index in [2.05, 4.69) is 5.43 Å². The zero-order chi connectivity index (χ0) is 13.4. The first kappa shape index (κ1) is 15.0. The molecule has 0 spiro atoms. The van der Waals surface area contributed by atoms with Crippen LogP contribution in [0, 0.1) is 0 Å². The van der Waals surface area contributed by atoms with E-state index in [9.17, 15) is 0 Å². The van der Waals surface area contributed by atoms with Gasteiger partial charge in [-0.2, -0.15) is 0 Å². The maximum absolute atomic E-state index is 9.10. The number of hydrogen-bond acceptors (Lipinski definition) is 5. The third-order valence-corrected chi connectivity index (χ3v) is 1.80. The number of aliphatic carboxylic acids is 2. The first-order valence-corrected chi connectivity index (χ1v) is 4.56. The van der Waals surface area contributed by atoms with Crippen molar-refractivity contribution in [1.29, 1.82) is 0 Å². The summed E-state index contributed by atoms with van der Waals surface area (Å²) in [4.78, 5) is 18.2. The SMILES string of the molecule is COc1ccc(NN)cc1Cl.O=C(O)C(=O)O. The van der Waals surface area contributed by atoms with Crippen LogP contribution in [-0.2, 0) is 9.59 Å². The van der Waals surface area contributed by atoms with Crippen LogP contribution >= 0.6 is 11.6 Å². The van der Waals surface area contributed by atoms with Gasteiger partial charge in [0.15, 0.2) is 0 Å². The molecule has 0 heterocycles. The van der Waals surface area contributed by atoms with Crippen LogP contribution in [0.5, 0.6) is 5.75 Å². The first-order valence-electron chi connectivity index (χ1n) is 4.18. The first-order chi connectivity index (χ1) is 7.92. The second-order valence-corrected chi connectivity index (χ2v) is 3.01. The van der Waals surface area contributed by atoms with E-state index in [4.69, 9.17) is 42.0 Å². The van der Waals surface area contributed by atoms with Crippen LogP contribution in [0.2, 0.25) is 5.02 Å². The van der Waals surface area contributed by atoms with Gasteiger partial charge in [-0.15, -0.1) is 0 Å². The Bertz CT molecular complexity index is 398. The molecule has 0 bridgehead atoms. The van der Waals surface area contributed by atoms with E-state index in [0.717, 1.165) is 5.69 Å². The van der Waals surface area contributed by atoms with E-state index < -0.39 is 11.9 Å². The summed E-state index contributed by atoms with van der Waals surface area (Å²) in [5.41, 5.74) is 3.24. The molecule has 1 rings (SSSR count). The molecule has 7 nitrogen and oxygen atoms in total. The molecule has 1 aromatic carbocycles. The molecule has 0 aliphatic rings. The number of rotatable bonds is 2. The fourth-order valence-electron chi connectivity index (χ4n) is 0.756. The van der Waals surface area contributed by atoms with E-state index in [1.807, 2.05) is 0 Å². The van der Waals surface area contributed by atoms with Gasteiger partial charge in [-0.3, -0.25) is 5.84 Å². The van der Waals surface area contributed by atoms with Crippen molar-refractivity contribution >= 4 is 29.2 Å². The molecule has 1 aromatic rings. The molecule has 0 amide bonds. The molecular weight excluding hydrogens is 252 g/mol. The van der Waals surface area contributed by atoms with Crippen molar-refractivity contribution in [3.05, 3.63) is 23.2 Å². The Morgan fingerprint density at radius 1 is 1.35 bits per heavy atom. The molecule has 0 saturated carbocycles. The summed E-state index contributed by atoms with van der Waals surface area (Å²) in [6.07, 6.45) is 0. The molecule has 0 aliphatic heterocycles. The number of nitrogens with two attached hydrogens (primary N) is 1. The van der Waals surface area contributed by atoms with Crippen LogP contribution in [0.25, 0.3) is 0 Å². The number of anilines is 1. The molecule has 17 heavy (non-hydrogen) atoms. The highest BCUT2D eigenvalue weighted by Gasteiger charge is 2.04. The van der Waals surface area contributed by atoms with E-state index in [-0.39, 0.29) is 0 Å². The Kier molecular flexibility index (Phi) is 6.46. The molecule has 0 radical (unpaired) electrons. The number of nitrogens with one attached hydrogen (secondary N) is 1. The lowest BCUT2D eigenvalue weighted by Gasteiger charge is -2.04. The number of carboxylic acids is 2. The van der Waals surface area contributed by atoms with Crippen molar-refractivity contribution in [3.8, 4) is 5.75 Å². The van der Waals surface area contributed by atoms with Crippen molar-refractivity contribution in [2.75, 3.05) is 12.5 Å². The zero-order valence-electron chi connectivity index (χ0n) is 8.81. The van der Waals surface area contributed by atoms with Gasteiger partial charge in [0.25, 0.3) is 0 Å². The number of carbonyl (C=O) groups is 2. The van der Waals surface area contributed by atoms with Crippen LogP contribution in [0.3, 0.4) is 0 Å². The van der Waals surface area contributed by atoms with Crippen LogP contribution in [-0.4, -0.2) is 29.3 Å². The number of benzene rings is 1. The Balaban J connectivity index is 0.000000366. The van der Waals surface area contributed by atoms with Crippen LogP contribution in [0.4, 0.5) is 5.69 Å². The van der Waals surface area contributed by atoms with Gasteiger partial charge in [0.1, 0.15) is 5.75 Å². The van der Waals surface area contributed by atoms with E-state index in [1.165, 1.54) is 0 Å². The third kappa shape index (κ3) is 5.59. The highest BCUT2D eigenvalue weighted by Crippen LogP contribution is 2.26. The Morgan fingerprint density at radius 3 is 2.18 bits per heavy atom. The van der Waals surface area contributed by atoms with Gasteiger partial charge >= 0.3 is 11.9 Å². The van der Waals surface area contributed by atoms with Crippen molar-refractivity contribution in [2.45, 2.75) is 0 Å². The fourth-order valence-corrected chi connectivity index (χ4v) is 1.01. The number of methoxy groups -OCH3 is 1. The lowest BCUT2D eigenvalue weighted by molar-refractivity contribution is -0.159. The summed E-state index contributed by atoms with van der Waals surface area (Å²) in [6.45, 7) is 0. The number of ether oxygens (including phenoxy) is 1. The molecule has 0 fully saturated rings. The molecule has 8 heteroatoms. The molecule has 0 saturated heterocycles. The summed E-state index contributed by atoms with van der Waals surface area (Å²) in [6, 6.07) is 5.22. The molecule has 94 valence electrons. The number of hydrazine groups is 1. The highest BCUT2D eigenvalue weighted by atomic mass is 35.5. The van der Waals surface area contributed by atoms with Crippen molar-refractivity contribution in [3.63, 3.8) is 0 Å². The minimum absolute atomic E-state index is 0.544. The van der Waals surface area contributed by atoms with Crippen LogP contribution in [0.1, 0.15) is 0 Å². The number of halogens is 1. The number of carboxylic acid groups (broad SMARTS) is 2. The molecular formula is C9H11ClN2O5. The standard InChI is InChI=1S/C7H9ClN2O.C2H2O4/c1-11-7-3-2-5(10-9)4-6(7)8;3-1(4)2(5)6/h2-4,10H,9H2,1H3;(H,3,4)(H,5,6). The average Bonchev–Trinajstić information content (AvgIpc) is 2.29. The lowest BCUT2D eigenvalue weighted by atomic mass is 10.3. The van der Waals surface area contributed by atoms with E-state index in [1.54, 1.807) is 25.3 Å². The normalized spacial score (nSPS) is 8.65. The fraction of sp³-hybridized carbons (Fsp3) is 0.111. The second kappa shape index (κ2) is 7.31. The maximum atomic E-state index is 9.10. The summed E-state index contributed by atoms with van der Waals surface area (Å²) in [7, 11) is 1.57. The summed E-state index contributed by atoms with van der Waals surface area (Å²) in [5.74, 6) is 2.16. The maximum Gasteiger partial charge on any atom is 0.414 e. The minimum atomic E-state index is -1.82. The van der Waals surface area contributed by atoms with Gasteiger partial charge in [0.05, 0.1) is 17.8 Å². The largest absolute Gasteiger partial charge is 0.495 e. The highest BCUT2D eigenvalue weighted by molar-refractivity contribution is 6.32. The quantitative estimate of drug-likeness (QED) is 0.353. The molecule has 5 N–H and O–H groups in total. The number of hydrogen-bond donors (Lipinski definition) is 4. The number of nitrogen functional groups attached to an aromatic ring is 1. The monoisotopic (exact) mass is 262 g/mol. The Morgan fingerprint density at radius 2 is 1.88 bits per heavy atom. The van der Waals surface area contributed by atoms with E-state index >= 15 is 0 Å². The molecule has 0 aliphatic carbocycles. The van der Waals surface area contributed by atoms with Crippen molar-refractivity contribution in [1.82, 2.24) is 0 Å². The zero-order valence-corrected chi connectivity index (χ0v) is 9.56. The van der Waals surface area contributed by atoms with Gasteiger partial charge in [0.2, 0.25) is 0 Å². The van der Waals surface area contributed by atoms with Crippen LogP contribution in [0.15, 0.2) is 18.2 Å². The van der Waals surface area contributed by atoms with Gasteiger partial charge in [0, 0.05) is 0 Å². The van der Waals surface area contributed by atoms with Gasteiger partial charge in [-0.25, -0.2) is 9.59 Å². The van der Waals surface area contributed by atoms with Gasteiger partial charge in [-0.1, -0.05) is 11.6 Å². The predicted octanol–water partition coefficient (Wildman–Crippen LogP) is 0.790. The summed E-state index contributed by atoms with van der Waals surface area (Å²) in [5, 5.41) is 15.3. The predicted molar refractivity (Wildman–Crippen MR) is 61.1 cm³/mol. The summed E-state index contributed by atoms with van der Waals surface area (Å²) >= 11 is 5.79. The average molecular weight is 263 g/mol. The third-order valence-electron chi connectivity index (χ3n) is 1.50. The topological polar surface area (TPSA) is 122 Å². The van der Waals surface area contributed by atoms with Gasteiger partial charge in [-0.05, 0) is 18.2 Å². The van der Waals surface area contributed by atoms with Gasteiger partial charge < -0.3 is 20.4 Å². The lowest BCUT2D eigenvalue weighted by Crippen LogP contribution is -2.09. The summed E-state index contributed by atoms with van der Waals surface area (Å²) < 4.78 is 4.94. The molecule has 0 unspecified atom stereocenters. The Labute approximate surface area is 102 Å². The minimum Gasteiger partial charge on any atom is -0.495 e. The Hall–Kier alpha value is -1.99. The molecule has 0 atom stereocenters. The van der Waals surface area contributed by atoms with Crippen LogP contribution < -0.4 is 16.0 Å². The second-order valence-electron chi connectivity index (χ2n) is 2.60. The van der Waals surface area contributed by atoms with Crippen molar-refractivity contribution in [2.24, 2.45) is 5.84 Å². The smallest absolute Gasteiger partial charge is 0.414 e.